The third-order valence-electron chi connectivity index (χ3n) is 6.22. The molecule has 3 aromatic rings. The van der Waals surface area contributed by atoms with Gasteiger partial charge in [0, 0.05) is 43.3 Å². The fourth-order valence-electron chi connectivity index (χ4n) is 4.76. The van der Waals surface area contributed by atoms with Gasteiger partial charge in [0.2, 0.25) is 0 Å². The highest BCUT2D eigenvalue weighted by Crippen LogP contribution is 2.52. The van der Waals surface area contributed by atoms with Crippen molar-refractivity contribution in [2.45, 2.75) is 37.4 Å². The summed E-state index contributed by atoms with van der Waals surface area (Å²) in [6.07, 6.45) is 12.5. The third-order valence-corrected chi connectivity index (χ3v) is 6.22. The van der Waals surface area contributed by atoms with Gasteiger partial charge in [-0.15, -0.1) is 0 Å². The van der Waals surface area contributed by atoms with Crippen molar-refractivity contribution in [3.8, 4) is 0 Å². The second-order valence-corrected chi connectivity index (χ2v) is 7.78. The third kappa shape index (κ3) is 3.16. The zero-order valence-electron chi connectivity index (χ0n) is 15.9. The second kappa shape index (κ2) is 7.32. The monoisotopic (exact) mass is 372 g/mol. The van der Waals surface area contributed by atoms with Crippen LogP contribution in [0.3, 0.4) is 0 Å². The van der Waals surface area contributed by atoms with Crippen LogP contribution in [0.2, 0.25) is 0 Å². The van der Waals surface area contributed by atoms with Crippen molar-refractivity contribution in [1.82, 2.24) is 15.0 Å². The van der Waals surface area contributed by atoms with Gasteiger partial charge in [-0.2, -0.15) is 0 Å². The van der Waals surface area contributed by atoms with E-state index in [0.29, 0.717) is 6.61 Å². The van der Waals surface area contributed by atoms with E-state index in [1.54, 1.807) is 18.6 Å². The number of aromatic nitrogens is 3. The Morgan fingerprint density at radius 2 is 1.82 bits per heavy atom. The molecule has 1 aromatic carbocycles. The molecule has 0 amide bonds. The molecule has 3 heterocycles. The SMILES string of the molecule is c1cncc(CO[C@@H]2CC3(CCN(c4cnccn4)CC3)c3ccccc32)c1. The molecule has 0 bridgehead atoms. The molecule has 1 fully saturated rings. The molecule has 2 aromatic heterocycles. The van der Waals surface area contributed by atoms with Crippen LogP contribution in [0, 0.1) is 0 Å². The molecular formula is C23H24N4O. The zero-order valence-corrected chi connectivity index (χ0v) is 15.9. The van der Waals surface area contributed by atoms with Gasteiger partial charge < -0.3 is 9.64 Å². The first-order valence-corrected chi connectivity index (χ1v) is 9.95. The largest absolute Gasteiger partial charge is 0.369 e. The van der Waals surface area contributed by atoms with E-state index in [1.807, 2.05) is 18.5 Å². The minimum Gasteiger partial charge on any atom is -0.369 e. The zero-order chi connectivity index (χ0) is 18.8. The average Bonchev–Trinajstić information content (AvgIpc) is 3.08. The maximum Gasteiger partial charge on any atom is 0.147 e. The number of hydrogen-bond acceptors (Lipinski definition) is 5. The number of nitrogens with zero attached hydrogens (tertiary/aromatic N) is 4. The molecule has 0 N–H and O–H groups in total. The van der Waals surface area contributed by atoms with Crippen LogP contribution < -0.4 is 4.90 Å². The van der Waals surface area contributed by atoms with Crippen LogP contribution in [0.25, 0.3) is 0 Å². The number of rotatable bonds is 4. The van der Waals surface area contributed by atoms with E-state index in [9.17, 15) is 0 Å². The maximum absolute atomic E-state index is 6.38. The summed E-state index contributed by atoms with van der Waals surface area (Å²) in [5.41, 5.74) is 4.16. The lowest BCUT2D eigenvalue weighted by Crippen LogP contribution is -2.42. The van der Waals surface area contributed by atoms with Crippen molar-refractivity contribution in [3.63, 3.8) is 0 Å². The predicted octanol–water partition coefficient (Wildman–Crippen LogP) is 4.07. The highest BCUT2D eigenvalue weighted by atomic mass is 16.5. The first kappa shape index (κ1) is 17.3. The number of anilines is 1. The van der Waals surface area contributed by atoms with Crippen LogP contribution in [-0.4, -0.2) is 28.0 Å². The molecule has 5 nitrogen and oxygen atoms in total. The van der Waals surface area contributed by atoms with Crippen molar-refractivity contribution in [1.29, 1.82) is 0 Å². The van der Waals surface area contributed by atoms with Crippen LogP contribution in [0.15, 0.2) is 67.4 Å². The molecule has 0 radical (unpaired) electrons. The minimum atomic E-state index is 0.152. The number of ether oxygens (including phenoxy) is 1. The molecule has 2 aliphatic rings. The standard InChI is InChI=1S/C23H24N4O/c1-2-6-20-19(5-1)21(28-17-18-4-3-9-24-15-18)14-23(20)7-12-27(13-8-23)22-16-25-10-11-26-22/h1-6,9-11,15-16,21H,7-8,12-14,17H2/t21-/m1/s1. The molecule has 1 aliphatic heterocycles. The lowest BCUT2D eigenvalue weighted by molar-refractivity contribution is 0.0272. The smallest absolute Gasteiger partial charge is 0.147 e. The van der Waals surface area contributed by atoms with E-state index in [-0.39, 0.29) is 11.5 Å². The van der Waals surface area contributed by atoms with Gasteiger partial charge >= 0.3 is 0 Å². The van der Waals surface area contributed by atoms with Crippen LogP contribution in [0.5, 0.6) is 0 Å². The van der Waals surface area contributed by atoms with Crippen LogP contribution in [-0.2, 0) is 16.8 Å². The summed E-state index contributed by atoms with van der Waals surface area (Å²) in [5, 5.41) is 0. The van der Waals surface area contributed by atoms with Crippen LogP contribution in [0.4, 0.5) is 5.82 Å². The Morgan fingerprint density at radius 1 is 0.964 bits per heavy atom. The normalized spacial score (nSPS) is 20.3. The van der Waals surface area contributed by atoms with Crippen LogP contribution in [0.1, 0.15) is 42.1 Å². The average molecular weight is 372 g/mol. The highest BCUT2D eigenvalue weighted by Gasteiger charge is 2.45. The van der Waals surface area contributed by atoms with Gasteiger partial charge in [0.15, 0.2) is 0 Å². The lowest BCUT2D eigenvalue weighted by Gasteiger charge is -2.40. The number of hydrogen-bond donors (Lipinski definition) is 0. The van der Waals surface area contributed by atoms with Crippen molar-refractivity contribution in [2.75, 3.05) is 18.0 Å². The van der Waals surface area contributed by atoms with E-state index < -0.39 is 0 Å². The summed E-state index contributed by atoms with van der Waals surface area (Å²) in [6, 6.07) is 12.9. The van der Waals surface area contributed by atoms with Crippen molar-refractivity contribution < 1.29 is 4.74 Å². The maximum atomic E-state index is 6.38. The van der Waals surface area contributed by atoms with Gasteiger partial charge in [-0.3, -0.25) is 9.97 Å². The summed E-state index contributed by atoms with van der Waals surface area (Å²) >= 11 is 0. The lowest BCUT2D eigenvalue weighted by atomic mass is 9.74. The van der Waals surface area contributed by atoms with Gasteiger partial charge in [0.1, 0.15) is 5.82 Å². The van der Waals surface area contributed by atoms with Gasteiger partial charge in [-0.25, -0.2) is 4.98 Å². The molecule has 1 spiro atoms. The van der Waals surface area contributed by atoms with Crippen molar-refractivity contribution >= 4 is 5.82 Å². The topological polar surface area (TPSA) is 51.1 Å². The molecule has 28 heavy (non-hydrogen) atoms. The second-order valence-electron chi connectivity index (χ2n) is 7.78. The summed E-state index contributed by atoms with van der Waals surface area (Å²) in [7, 11) is 0. The Morgan fingerprint density at radius 3 is 2.61 bits per heavy atom. The van der Waals surface area contributed by atoms with E-state index in [4.69, 9.17) is 4.74 Å². The minimum absolute atomic E-state index is 0.152. The molecular weight excluding hydrogens is 348 g/mol. The van der Waals surface area contributed by atoms with Gasteiger partial charge in [-0.05, 0) is 42.0 Å². The van der Waals surface area contributed by atoms with E-state index >= 15 is 0 Å². The van der Waals surface area contributed by atoms with E-state index in [1.165, 1.54) is 11.1 Å². The van der Waals surface area contributed by atoms with E-state index in [0.717, 1.165) is 43.7 Å². The molecule has 5 heteroatoms. The molecule has 5 rings (SSSR count). The number of fused-ring (bicyclic) bond motifs is 2. The molecule has 1 aliphatic carbocycles. The molecule has 1 saturated heterocycles. The molecule has 1 atom stereocenters. The number of piperidine rings is 1. The fraction of sp³-hybridized carbons (Fsp3) is 0.348. The summed E-state index contributed by atoms with van der Waals surface area (Å²) in [5.74, 6) is 0.980. The Labute approximate surface area is 165 Å². The van der Waals surface area contributed by atoms with Gasteiger partial charge in [-0.1, -0.05) is 30.3 Å². The summed E-state index contributed by atoms with van der Waals surface area (Å²) < 4.78 is 6.38. The first-order chi connectivity index (χ1) is 13.8. The Balaban J connectivity index is 1.33. The molecule has 142 valence electrons. The number of benzene rings is 1. The first-order valence-electron chi connectivity index (χ1n) is 9.95. The Kier molecular flexibility index (Phi) is 4.53. The quantitative estimate of drug-likeness (QED) is 0.691. The summed E-state index contributed by atoms with van der Waals surface area (Å²) in [6.45, 7) is 2.61. The number of pyridine rings is 1. The van der Waals surface area contributed by atoms with Crippen LogP contribution >= 0.6 is 0 Å². The Hall–Kier alpha value is -2.79. The van der Waals surface area contributed by atoms with E-state index in [2.05, 4.69) is 50.2 Å². The highest BCUT2D eigenvalue weighted by molar-refractivity contribution is 5.44. The Bertz CT molecular complexity index is 924. The predicted molar refractivity (Wildman–Crippen MR) is 108 cm³/mol. The van der Waals surface area contributed by atoms with Gasteiger partial charge in [0.05, 0.1) is 18.9 Å². The molecule has 0 unspecified atom stereocenters. The molecule has 0 saturated carbocycles. The fourth-order valence-corrected chi connectivity index (χ4v) is 4.76. The van der Waals surface area contributed by atoms with Crippen molar-refractivity contribution in [3.05, 3.63) is 84.1 Å². The summed E-state index contributed by atoms with van der Waals surface area (Å²) in [4.78, 5) is 15.2. The van der Waals surface area contributed by atoms with Crippen molar-refractivity contribution in [2.24, 2.45) is 0 Å². The van der Waals surface area contributed by atoms with Gasteiger partial charge in [0.25, 0.3) is 0 Å².